The van der Waals surface area contributed by atoms with Crippen LogP contribution in [0.4, 0.5) is 4.39 Å². The van der Waals surface area contributed by atoms with Gasteiger partial charge in [-0.05, 0) is 50.4 Å². The van der Waals surface area contributed by atoms with E-state index in [-0.39, 0.29) is 5.82 Å². The van der Waals surface area contributed by atoms with Crippen LogP contribution in [0, 0.1) is 5.82 Å². The molecule has 3 rings (SSSR count). The number of hydrogen-bond acceptors (Lipinski definition) is 3. The van der Waals surface area contributed by atoms with Crippen LogP contribution in [-0.4, -0.2) is 41.8 Å². The van der Waals surface area contributed by atoms with Gasteiger partial charge in [0.25, 0.3) is 0 Å². The number of aliphatic hydroxyl groups is 1. The highest BCUT2D eigenvalue weighted by molar-refractivity contribution is 5.30. The fraction of sp³-hybridized carbons (Fsp3) is 0.647. The molecule has 2 heterocycles. The maximum Gasteiger partial charge on any atom is 0.127 e. The minimum atomic E-state index is -0.721. The first-order valence-electron chi connectivity index (χ1n) is 7.77. The molecule has 2 unspecified atom stereocenters. The van der Waals surface area contributed by atoms with Gasteiger partial charge in [0.1, 0.15) is 11.6 Å². The average Bonchev–Trinajstić information content (AvgIpc) is 2.40. The van der Waals surface area contributed by atoms with E-state index in [4.69, 9.17) is 4.74 Å². The normalized spacial score (nSPS) is 33.0. The summed E-state index contributed by atoms with van der Waals surface area (Å²) in [6.07, 6.45) is 5.62. The molecule has 2 saturated heterocycles. The van der Waals surface area contributed by atoms with Gasteiger partial charge in [-0.1, -0.05) is 6.42 Å². The molecule has 3 nitrogen and oxygen atoms in total. The van der Waals surface area contributed by atoms with Crippen molar-refractivity contribution in [1.29, 1.82) is 0 Å². The summed E-state index contributed by atoms with van der Waals surface area (Å²) in [6.45, 7) is 0. The summed E-state index contributed by atoms with van der Waals surface area (Å²) in [7, 11) is 3.70. The van der Waals surface area contributed by atoms with Crippen LogP contribution in [0.15, 0.2) is 18.2 Å². The van der Waals surface area contributed by atoms with E-state index in [0.717, 1.165) is 31.2 Å². The molecule has 0 amide bonds. The second-order valence-electron chi connectivity index (χ2n) is 6.71. The second kappa shape index (κ2) is 5.58. The van der Waals surface area contributed by atoms with E-state index in [1.807, 2.05) is 6.07 Å². The van der Waals surface area contributed by atoms with Crippen LogP contribution >= 0.6 is 0 Å². The van der Waals surface area contributed by atoms with Crippen LogP contribution in [0.25, 0.3) is 0 Å². The minimum Gasteiger partial charge on any atom is -0.497 e. The van der Waals surface area contributed by atoms with E-state index in [1.165, 1.54) is 25.7 Å². The van der Waals surface area contributed by atoms with E-state index in [1.54, 1.807) is 0 Å². The van der Waals surface area contributed by atoms with Crippen molar-refractivity contribution >= 4 is 0 Å². The zero-order valence-corrected chi connectivity index (χ0v) is 12.8. The molecule has 1 aromatic carbocycles. The average molecular weight is 293 g/mol. The second-order valence-corrected chi connectivity index (χ2v) is 6.71. The Balaban J connectivity index is 1.79. The van der Waals surface area contributed by atoms with Crippen LogP contribution in [0.1, 0.15) is 37.7 Å². The maximum absolute atomic E-state index is 13.6. The van der Waals surface area contributed by atoms with Crippen molar-refractivity contribution in [2.45, 2.75) is 56.2 Å². The highest BCUT2D eigenvalue weighted by atomic mass is 19.1. The SMILES string of the molecule is COc1cc(F)cc(CC2(O)CC3CCCC(C2)N3C)c1. The predicted molar refractivity (Wildman–Crippen MR) is 80.0 cm³/mol. The molecule has 21 heavy (non-hydrogen) atoms. The largest absolute Gasteiger partial charge is 0.497 e. The predicted octanol–water partition coefficient (Wildman–Crippen LogP) is 2.75. The summed E-state index contributed by atoms with van der Waals surface area (Å²) in [4.78, 5) is 2.42. The highest BCUT2D eigenvalue weighted by Crippen LogP contribution is 2.40. The Morgan fingerprint density at radius 1 is 1.29 bits per heavy atom. The number of rotatable bonds is 3. The molecular formula is C17H24FNO2. The molecule has 0 spiro atoms. The zero-order chi connectivity index (χ0) is 15.0. The van der Waals surface area contributed by atoms with Gasteiger partial charge in [0.15, 0.2) is 0 Å². The lowest BCUT2D eigenvalue weighted by Gasteiger charge is -2.50. The summed E-state index contributed by atoms with van der Waals surface area (Å²) in [5.74, 6) is 0.211. The molecule has 116 valence electrons. The van der Waals surface area contributed by atoms with Crippen molar-refractivity contribution in [3.63, 3.8) is 0 Å². The van der Waals surface area contributed by atoms with E-state index >= 15 is 0 Å². The van der Waals surface area contributed by atoms with Gasteiger partial charge in [0, 0.05) is 24.6 Å². The van der Waals surface area contributed by atoms with E-state index in [0.29, 0.717) is 24.3 Å². The van der Waals surface area contributed by atoms with Crippen LogP contribution in [0.5, 0.6) is 5.75 Å². The third-order valence-electron chi connectivity index (χ3n) is 5.16. The lowest BCUT2D eigenvalue weighted by atomic mass is 9.73. The van der Waals surface area contributed by atoms with Crippen molar-refractivity contribution in [2.75, 3.05) is 14.2 Å². The minimum absolute atomic E-state index is 0.305. The number of halogens is 1. The topological polar surface area (TPSA) is 32.7 Å². The van der Waals surface area contributed by atoms with Crippen molar-refractivity contribution in [3.05, 3.63) is 29.6 Å². The number of benzene rings is 1. The van der Waals surface area contributed by atoms with Gasteiger partial charge in [-0.15, -0.1) is 0 Å². The molecule has 0 aliphatic carbocycles. The van der Waals surface area contributed by atoms with Gasteiger partial charge < -0.3 is 14.7 Å². The van der Waals surface area contributed by atoms with Crippen LogP contribution in [-0.2, 0) is 6.42 Å². The first-order chi connectivity index (χ1) is 9.99. The first kappa shape index (κ1) is 14.8. The standard InChI is InChI=1S/C17H24FNO2/c1-19-14-4-3-5-15(19)11-17(20,10-14)9-12-6-13(18)8-16(7-12)21-2/h6-8,14-15,20H,3-5,9-11H2,1-2H3. The molecule has 0 aromatic heterocycles. The van der Waals surface area contributed by atoms with Crippen molar-refractivity contribution in [1.82, 2.24) is 4.90 Å². The quantitative estimate of drug-likeness (QED) is 0.930. The van der Waals surface area contributed by atoms with Crippen LogP contribution in [0.3, 0.4) is 0 Å². The third kappa shape index (κ3) is 3.06. The molecular weight excluding hydrogens is 269 g/mol. The fourth-order valence-corrected chi connectivity index (χ4v) is 4.11. The third-order valence-corrected chi connectivity index (χ3v) is 5.16. The van der Waals surface area contributed by atoms with Crippen LogP contribution < -0.4 is 4.74 Å². The van der Waals surface area contributed by atoms with E-state index < -0.39 is 5.60 Å². The summed E-state index contributed by atoms with van der Waals surface area (Å²) in [5, 5.41) is 11.0. The number of nitrogens with zero attached hydrogens (tertiary/aromatic N) is 1. The van der Waals surface area contributed by atoms with Crippen molar-refractivity contribution in [2.24, 2.45) is 0 Å². The number of hydrogen-bond donors (Lipinski definition) is 1. The Labute approximate surface area is 125 Å². The van der Waals surface area contributed by atoms with Gasteiger partial charge in [0.05, 0.1) is 12.7 Å². The van der Waals surface area contributed by atoms with Crippen LogP contribution in [0.2, 0.25) is 0 Å². The van der Waals surface area contributed by atoms with Gasteiger partial charge >= 0.3 is 0 Å². The lowest BCUT2D eigenvalue weighted by molar-refractivity contribution is -0.0820. The van der Waals surface area contributed by atoms with Gasteiger partial charge in [-0.25, -0.2) is 4.39 Å². The van der Waals surface area contributed by atoms with Crippen molar-refractivity contribution < 1.29 is 14.2 Å². The number of methoxy groups -OCH3 is 1. The van der Waals surface area contributed by atoms with Gasteiger partial charge in [0.2, 0.25) is 0 Å². The molecule has 1 aromatic rings. The Morgan fingerprint density at radius 3 is 2.57 bits per heavy atom. The molecule has 2 fully saturated rings. The molecule has 1 N–H and O–H groups in total. The monoisotopic (exact) mass is 293 g/mol. The number of piperidine rings is 2. The number of ether oxygens (including phenoxy) is 1. The van der Waals surface area contributed by atoms with E-state index in [9.17, 15) is 9.50 Å². The Bertz CT molecular complexity index is 506. The van der Waals surface area contributed by atoms with E-state index in [2.05, 4.69) is 11.9 Å². The molecule has 2 aliphatic rings. The summed E-state index contributed by atoms with van der Waals surface area (Å²) >= 11 is 0. The van der Waals surface area contributed by atoms with Gasteiger partial charge in [-0.2, -0.15) is 0 Å². The molecule has 2 atom stereocenters. The molecule has 0 saturated carbocycles. The molecule has 2 aliphatic heterocycles. The summed E-state index contributed by atoms with van der Waals surface area (Å²) in [5.41, 5.74) is 0.0955. The number of fused-ring (bicyclic) bond motifs is 2. The Hall–Kier alpha value is -1.13. The Morgan fingerprint density at radius 2 is 1.95 bits per heavy atom. The smallest absolute Gasteiger partial charge is 0.127 e. The van der Waals surface area contributed by atoms with Gasteiger partial charge in [-0.3, -0.25) is 0 Å². The highest BCUT2D eigenvalue weighted by Gasteiger charge is 2.43. The lowest BCUT2D eigenvalue weighted by Crippen LogP contribution is -2.57. The molecule has 4 heteroatoms. The summed E-state index contributed by atoms with van der Waals surface area (Å²) in [6, 6.07) is 5.62. The molecule has 0 radical (unpaired) electrons. The Kier molecular flexibility index (Phi) is 3.93. The zero-order valence-electron chi connectivity index (χ0n) is 12.8. The fourth-order valence-electron chi connectivity index (χ4n) is 4.11. The first-order valence-corrected chi connectivity index (χ1v) is 7.77. The van der Waals surface area contributed by atoms with Crippen molar-refractivity contribution in [3.8, 4) is 5.75 Å². The molecule has 2 bridgehead atoms. The summed E-state index contributed by atoms with van der Waals surface area (Å²) < 4.78 is 18.7. The maximum atomic E-state index is 13.6.